The van der Waals surface area contributed by atoms with Gasteiger partial charge in [0, 0.05) is 18.3 Å². The van der Waals surface area contributed by atoms with Crippen molar-refractivity contribution in [3.63, 3.8) is 0 Å². The first kappa shape index (κ1) is 8.28. The van der Waals surface area contributed by atoms with Crippen LogP contribution in [0.4, 0.5) is 0 Å². The number of pyridine rings is 1. The smallest absolute Gasteiger partial charge is 0.270 e. The van der Waals surface area contributed by atoms with Crippen LogP contribution in [0.15, 0.2) is 18.5 Å². The van der Waals surface area contributed by atoms with Gasteiger partial charge in [0.1, 0.15) is 5.69 Å². The zero-order valence-corrected chi connectivity index (χ0v) is 7.90. The maximum absolute atomic E-state index is 11.5. The second kappa shape index (κ2) is 2.73. The summed E-state index contributed by atoms with van der Waals surface area (Å²) in [4.78, 5) is 15.7. The number of fused-ring (bicyclic) bond motifs is 3. The van der Waals surface area contributed by atoms with E-state index in [0.717, 1.165) is 28.0 Å². The zero-order chi connectivity index (χ0) is 10.4. The van der Waals surface area contributed by atoms with Crippen molar-refractivity contribution in [1.29, 1.82) is 0 Å². The predicted octanol–water partition coefficient (Wildman–Crippen LogP) is 0.511. The van der Waals surface area contributed by atoms with Gasteiger partial charge in [-0.1, -0.05) is 0 Å². The lowest BCUT2D eigenvalue weighted by molar-refractivity contribution is 0.0941. The number of hydrogen-bond acceptors (Lipinski definition) is 3. The summed E-state index contributed by atoms with van der Waals surface area (Å²) < 4.78 is 0.983. The van der Waals surface area contributed by atoms with Crippen molar-refractivity contribution in [1.82, 2.24) is 15.0 Å². The van der Waals surface area contributed by atoms with E-state index in [1.807, 2.05) is 0 Å². The number of rotatable bonds is 0. The van der Waals surface area contributed by atoms with Gasteiger partial charge in [-0.3, -0.25) is 4.79 Å². The number of amides is 1. The lowest BCUT2D eigenvalue weighted by Crippen LogP contribution is -2.31. The molecule has 3 heterocycles. The summed E-state index contributed by atoms with van der Waals surface area (Å²) >= 11 is 0. The minimum absolute atomic E-state index is 0.128. The molecule has 0 radical (unpaired) electrons. The van der Waals surface area contributed by atoms with Crippen LogP contribution in [0, 0.1) is 0 Å². The van der Waals surface area contributed by atoms with Crippen LogP contribution in [-0.2, 0) is 6.42 Å². The molecule has 0 fully saturated rings. The Morgan fingerprint density at radius 2 is 2.40 bits per heavy atom. The highest BCUT2D eigenvalue weighted by atomic mass is 16.5. The Hall–Kier alpha value is -2.04. The first-order valence-corrected chi connectivity index (χ1v) is 4.74. The Balaban J connectivity index is 2.31. The molecule has 0 atom stereocenters. The molecule has 0 aromatic heterocycles. The average molecular weight is 203 g/mol. The van der Waals surface area contributed by atoms with Gasteiger partial charge < -0.3 is 10.5 Å². The molecule has 0 spiro atoms. The van der Waals surface area contributed by atoms with Gasteiger partial charge in [-0.25, -0.2) is 9.71 Å². The molecule has 0 aliphatic carbocycles. The van der Waals surface area contributed by atoms with E-state index in [4.69, 9.17) is 0 Å². The van der Waals surface area contributed by atoms with Crippen molar-refractivity contribution in [3.8, 4) is 11.3 Å². The minimum Gasteiger partial charge on any atom is -0.429 e. The van der Waals surface area contributed by atoms with Crippen LogP contribution < -0.4 is 5.32 Å². The van der Waals surface area contributed by atoms with Crippen LogP contribution in [0.2, 0.25) is 0 Å². The highest BCUT2D eigenvalue weighted by Crippen LogP contribution is 2.29. The summed E-state index contributed by atoms with van der Waals surface area (Å²) in [6.45, 7) is 0.632. The van der Waals surface area contributed by atoms with E-state index >= 15 is 0 Å². The van der Waals surface area contributed by atoms with E-state index < -0.39 is 0 Å². The molecule has 5 nitrogen and oxygen atoms in total. The molecule has 0 unspecified atom stereocenters. The van der Waals surface area contributed by atoms with Gasteiger partial charge in [-0.05, 0) is 18.1 Å². The first-order valence-electron chi connectivity index (χ1n) is 4.74. The number of aromatic nitrogens is 2. The second-order valence-corrected chi connectivity index (χ2v) is 3.57. The largest absolute Gasteiger partial charge is 0.429 e. The highest BCUT2D eigenvalue weighted by molar-refractivity contribution is 5.98. The van der Waals surface area contributed by atoms with Crippen LogP contribution in [-0.4, -0.2) is 27.4 Å². The van der Waals surface area contributed by atoms with E-state index in [2.05, 4.69) is 10.3 Å². The number of carbonyl (C=O) groups excluding carboxylic acids is 1. The van der Waals surface area contributed by atoms with Crippen LogP contribution >= 0.6 is 0 Å². The topological polar surface area (TPSA) is 67.2 Å². The van der Waals surface area contributed by atoms with E-state index in [9.17, 15) is 10.0 Å². The molecule has 3 rings (SSSR count). The quantitative estimate of drug-likeness (QED) is 0.613. The van der Waals surface area contributed by atoms with Crippen molar-refractivity contribution in [2.45, 2.75) is 6.42 Å². The third-order valence-corrected chi connectivity index (χ3v) is 2.64. The van der Waals surface area contributed by atoms with E-state index in [1.165, 1.54) is 6.20 Å². The summed E-state index contributed by atoms with van der Waals surface area (Å²) in [5, 5.41) is 12.0. The van der Waals surface area contributed by atoms with Crippen LogP contribution in [0.25, 0.3) is 11.3 Å². The molecule has 2 N–H and O–H groups in total. The van der Waals surface area contributed by atoms with Crippen molar-refractivity contribution >= 4 is 5.91 Å². The molecule has 1 amide bonds. The molecule has 0 saturated heterocycles. The molecule has 0 saturated carbocycles. The molecule has 76 valence electrons. The Morgan fingerprint density at radius 3 is 3.27 bits per heavy atom. The lowest BCUT2D eigenvalue weighted by atomic mass is 10.0. The Labute approximate surface area is 85.7 Å². The van der Waals surface area contributed by atoms with Crippen molar-refractivity contribution < 1.29 is 10.0 Å². The van der Waals surface area contributed by atoms with Crippen LogP contribution in [0.3, 0.4) is 0 Å². The van der Waals surface area contributed by atoms with Crippen molar-refractivity contribution in [2.75, 3.05) is 6.54 Å². The Morgan fingerprint density at radius 1 is 1.53 bits per heavy atom. The van der Waals surface area contributed by atoms with Crippen LogP contribution in [0.5, 0.6) is 0 Å². The molecule has 3 aliphatic heterocycles. The first-order chi connectivity index (χ1) is 7.25. The number of carbonyl (C=O) groups is 1. The molecule has 0 bridgehead atoms. The molecule has 5 heteroatoms. The molecule has 0 aromatic carbocycles. The van der Waals surface area contributed by atoms with Crippen molar-refractivity contribution in [3.05, 3.63) is 29.7 Å². The summed E-state index contributed by atoms with van der Waals surface area (Å²) in [5.41, 5.74) is 3.02. The van der Waals surface area contributed by atoms with Crippen molar-refractivity contribution in [2.24, 2.45) is 0 Å². The van der Waals surface area contributed by atoms with Gasteiger partial charge in [0.05, 0.1) is 11.9 Å². The minimum atomic E-state index is -0.128. The molecule has 15 heavy (non-hydrogen) atoms. The molecular weight excluding hydrogens is 194 g/mol. The standard InChI is InChI=1S/C10H9N3O2/c14-10-9-6(1-3-11-10)7-5-13(15)4-2-8(7)12-9/h2,4-5,15H,1,3H2,(H,11,14). The lowest BCUT2D eigenvalue weighted by Gasteiger charge is -2.11. The fraction of sp³-hybridized carbons (Fsp3) is 0.200. The Kier molecular flexibility index (Phi) is 1.50. The van der Waals surface area contributed by atoms with E-state index in [0.29, 0.717) is 12.2 Å². The third kappa shape index (κ3) is 1.09. The monoisotopic (exact) mass is 203 g/mol. The predicted molar refractivity (Wildman–Crippen MR) is 52.1 cm³/mol. The SMILES string of the molecule is O=C1NCCc2c3cn(O)ccc-3nc21. The normalized spacial score (nSPS) is 15.1. The number of nitrogens with zero attached hydrogens (tertiary/aromatic N) is 2. The van der Waals surface area contributed by atoms with Gasteiger partial charge in [0.15, 0.2) is 0 Å². The summed E-state index contributed by atoms with van der Waals surface area (Å²) in [6.07, 6.45) is 3.85. The summed E-state index contributed by atoms with van der Waals surface area (Å²) in [7, 11) is 0. The fourth-order valence-electron chi connectivity index (χ4n) is 1.95. The average Bonchev–Trinajstić information content (AvgIpc) is 2.58. The van der Waals surface area contributed by atoms with E-state index in [-0.39, 0.29) is 5.91 Å². The van der Waals surface area contributed by atoms with Gasteiger partial charge in [0.25, 0.3) is 5.91 Å². The van der Waals surface area contributed by atoms with Gasteiger partial charge in [-0.15, -0.1) is 0 Å². The molecular formula is C10H9N3O2. The maximum atomic E-state index is 11.5. The third-order valence-electron chi connectivity index (χ3n) is 2.64. The van der Waals surface area contributed by atoms with Gasteiger partial charge >= 0.3 is 0 Å². The van der Waals surface area contributed by atoms with E-state index in [1.54, 1.807) is 12.3 Å². The van der Waals surface area contributed by atoms with Gasteiger partial charge in [0.2, 0.25) is 0 Å². The number of hydrogen-bond donors (Lipinski definition) is 2. The van der Waals surface area contributed by atoms with Crippen LogP contribution in [0.1, 0.15) is 16.1 Å². The van der Waals surface area contributed by atoms with Gasteiger partial charge in [-0.2, -0.15) is 0 Å². The number of nitrogens with one attached hydrogen (secondary N) is 1. The molecule has 3 aliphatic rings. The summed E-state index contributed by atoms with van der Waals surface area (Å²) in [5.74, 6) is -0.128. The zero-order valence-electron chi connectivity index (χ0n) is 7.90. The summed E-state index contributed by atoms with van der Waals surface area (Å²) in [6, 6.07) is 1.70. The highest BCUT2D eigenvalue weighted by Gasteiger charge is 2.25. The molecule has 0 aromatic rings. The fourth-order valence-corrected chi connectivity index (χ4v) is 1.95. The maximum Gasteiger partial charge on any atom is 0.270 e. The second-order valence-electron chi connectivity index (χ2n) is 3.57. The Bertz CT molecular complexity index is 518.